The van der Waals surface area contributed by atoms with Crippen LogP contribution in [0.1, 0.15) is 11.1 Å². The van der Waals surface area contributed by atoms with Gasteiger partial charge in [0.25, 0.3) is 5.56 Å². The zero-order valence-corrected chi connectivity index (χ0v) is 10.7. The maximum absolute atomic E-state index is 11.8. The van der Waals surface area contributed by atoms with Gasteiger partial charge in [0.05, 0.1) is 0 Å². The number of nitriles is 1. The summed E-state index contributed by atoms with van der Waals surface area (Å²) >= 11 is 0. The van der Waals surface area contributed by atoms with Crippen LogP contribution in [0.25, 0.3) is 11.1 Å². The van der Waals surface area contributed by atoms with Crippen LogP contribution in [0.5, 0.6) is 11.5 Å². The highest BCUT2D eigenvalue weighted by atomic mass is 16.7. The molecule has 1 aromatic heterocycles. The van der Waals surface area contributed by atoms with Crippen molar-refractivity contribution in [3.63, 3.8) is 0 Å². The number of rotatable bonds is 1. The number of ether oxygens (including phenoxy) is 2. The fourth-order valence-electron chi connectivity index (χ4n) is 2.24. The molecule has 2 aromatic rings. The Morgan fingerprint density at radius 2 is 1.95 bits per heavy atom. The number of pyridine rings is 1. The van der Waals surface area contributed by atoms with Gasteiger partial charge in [0, 0.05) is 5.56 Å². The Labute approximate surface area is 114 Å². The number of aromatic amines is 1. The van der Waals surface area contributed by atoms with Crippen LogP contribution in [0.15, 0.2) is 23.0 Å². The lowest BCUT2D eigenvalue weighted by Gasteiger charge is -2.09. The molecule has 3 rings (SSSR count). The summed E-state index contributed by atoms with van der Waals surface area (Å²) in [7, 11) is 0. The molecule has 1 aromatic carbocycles. The van der Waals surface area contributed by atoms with E-state index in [1.165, 1.54) is 0 Å². The number of anilines is 1. The molecule has 0 fully saturated rings. The number of aromatic nitrogens is 1. The topological polar surface area (TPSA) is 101 Å². The van der Waals surface area contributed by atoms with E-state index in [0.29, 0.717) is 17.1 Å². The molecule has 0 bridgehead atoms. The minimum Gasteiger partial charge on any atom is -0.454 e. The van der Waals surface area contributed by atoms with Crippen molar-refractivity contribution in [3.8, 4) is 28.7 Å². The van der Waals surface area contributed by atoms with E-state index in [1.807, 2.05) is 19.1 Å². The fraction of sp³-hybridized carbons (Fsp3) is 0.143. The van der Waals surface area contributed by atoms with Gasteiger partial charge in [-0.25, -0.2) is 0 Å². The van der Waals surface area contributed by atoms with Gasteiger partial charge in [-0.05, 0) is 36.2 Å². The van der Waals surface area contributed by atoms with Gasteiger partial charge in [-0.2, -0.15) is 5.26 Å². The molecule has 1 aliphatic rings. The maximum atomic E-state index is 11.8. The molecule has 0 amide bonds. The van der Waals surface area contributed by atoms with E-state index < -0.39 is 5.56 Å². The standard InChI is InChI=1S/C14H11N3O3/c1-7-2-11-12(20-6-19-11)3-8(7)9-4-13(16)17-14(18)10(9)5-15/h2-4H,6H2,1H3,(H3,16,17,18). The van der Waals surface area contributed by atoms with Gasteiger partial charge in [-0.3, -0.25) is 4.79 Å². The van der Waals surface area contributed by atoms with Gasteiger partial charge in [-0.1, -0.05) is 0 Å². The minimum atomic E-state index is -0.500. The third kappa shape index (κ3) is 1.77. The number of H-pyrrole nitrogens is 1. The van der Waals surface area contributed by atoms with E-state index in [-0.39, 0.29) is 18.2 Å². The Morgan fingerprint density at radius 3 is 2.65 bits per heavy atom. The molecule has 0 saturated heterocycles. The van der Waals surface area contributed by atoms with Crippen molar-refractivity contribution in [1.29, 1.82) is 5.26 Å². The van der Waals surface area contributed by atoms with Crippen molar-refractivity contribution in [2.75, 3.05) is 12.5 Å². The fourth-order valence-corrected chi connectivity index (χ4v) is 2.24. The van der Waals surface area contributed by atoms with Crippen molar-refractivity contribution in [3.05, 3.63) is 39.7 Å². The lowest BCUT2D eigenvalue weighted by Crippen LogP contribution is -2.13. The molecule has 0 spiro atoms. The van der Waals surface area contributed by atoms with Crippen LogP contribution in [0, 0.1) is 18.3 Å². The lowest BCUT2D eigenvalue weighted by molar-refractivity contribution is 0.174. The second-order valence-electron chi connectivity index (χ2n) is 4.47. The average molecular weight is 269 g/mol. The van der Waals surface area contributed by atoms with Gasteiger partial charge in [0.1, 0.15) is 17.5 Å². The summed E-state index contributed by atoms with van der Waals surface area (Å²) < 4.78 is 10.6. The predicted octanol–water partition coefficient (Wildman–Crippen LogP) is 1.53. The summed E-state index contributed by atoms with van der Waals surface area (Å²) in [5, 5.41) is 9.17. The Kier molecular flexibility index (Phi) is 2.61. The second kappa shape index (κ2) is 4.31. The molecule has 6 nitrogen and oxygen atoms in total. The number of nitrogens with zero attached hydrogens (tertiary/aromatic N) is 1. The maximum Gasteiger partial charge on any atom is 0.268 e. The number of nitrogen functional groups attached to an aromatic ring is 1. The van der Waals surface area contributed by atoms with Gasteiger partial charge in [-0.15, -0.1) is 0 Å². The summed E-state index contributed by atoms with van der Waals surface area (Å²) in [6, 6.07) is 7.06. The number of aryl methyl sites for hydroxylation is 1. The number of nitrogens with two attached hydrogens (primary N) is 1. The Bertz CT molecular complexity index is 803. The zero-order chi connectivity index (χ0) is 14.3. The van der Waals surface area contributed by atoms with Crippen molar-refractivity contribution in [2.45, 2.75) is 6.92 Å². The van der Waals surface area contributed by atoms with E-state index in [0.717, 1.165) is 11.1 Å². The Balaban J connectivity index is 2.30. The number of benzene rings is 1. The molecule has 20 heavy (non-hydrogen) atoms. The molecule has 0 radical (unpaired) electrons. The van der Waals surface area contributed by atoms with Crippen LogP contribution in [-0.4, -0.2) is 11.8 Å². The number of nitrogens with one attached hydrogen (secondary N) is 1. The minimum absolute atomic E-state index is 0.0289. The molecule has 0 aliphatic carbocycles. The van der Waals surface area contributed by atoms with Crippen LogP contribution in [0.4, 0.5) is 5.82 Å². The smallest absolute Gasteiger partial charge is 0.268 e. The lowest BCUT2D eigenvalue weighted by atomic mass is 9.97. The molecule has 6 heteroatoms. The molecule has 100 valence electrons. The SMILES string of the molecule is Cc1cc2c(cc1-c1cc(N)[nH]c(=O)c1C#N)OCO2. The van der Waals surface area contributed by atoms with Gasteiger partial charge < -0.3 is 20.2 Å². The molecule has 2 heterocycles. The number of hydrogen-bond acceptors (Lipinski definition) is 5. The summed E-state index contributed by atoms with van der Waals surface area (Å²) in [5.74, 6) is 1.46. The van der Waals surface area contributed by atoms with Crippen molar-refractivity contribution >= 4 is 5.82 Å². The van der Waals surface area contributed by atoms with Crippen LogP contribution >= 0.6 is 0 Å². The highest BCUT2D eigenvalue weighted by molar-refractivity contribution is 5.77. The van der Waals surface area contributed by atoms with E-state index in [1.54, 1.807) is 12.1 Å². The zero-order valence-electron chi connectivity index (χ0n) is 10.7. The van der Waals surface area contributed by atoms with Crippen LogP contribution in [0.3, 0.4) is 0 Å². The molecule has 3 N–H and O–H groups in total. The molecule has 1 aliphatic heterocycles. The summed E-state index contributed by atoms with van der Waals surface area (Å²) in [6.07, 6.45) is 0. The van der Waals surface area contributed by atoms with E-state index in [9.17, 15) is 4.79 Å². The second-order valence-corrected chi connectivity index (χ2v) is 4.47. The van der Waals surface area contributed by atoms with Gasteiger partial charge in [0.15, 0.2) is 11.5 Å². The van der Waals surface area contributed by atoms with E-state index in [4.69, 9.17) is 20.5 Å². The first-order chi connectivity index (χ1) is 9.60. The Hall–Kier alpha value is -2.94. The first kappa shape index (κ1) is 12.1. The van der Waals surface area contributed by atoms with Crippen molar-refractivity contribution in [2.24, 2.45) is 0 Å². The van der Waals surface area contributed by atoms with Gasteiger partial charge in [0.2, 0.25) is 6.79 Å². The highest BCUT2D eigenvalue weighted by Crippen LogP contribution is 2.39. The third-order valence-electron chi connectivity index (χ3n) is 3.18. The van der Waals surface area contributed by atoms with Crippen LogP contribution in [-0.2, 0) is 0 Å². The quantitative estimate of drug-likeness (QED) is 0.817. The summed E-state index contributed by atoms with van der Waals surface area (Å²) in [4.78, 5) is 14.2. The van der Waals surface area contributed by atoms with Crippen LogP contribution in [0.2, 0.25) is 0 Å². The molecule has 0 atom stereocenters. The number of fused-ring (bicyclic) bond motifs is 1. The van der Waals surface area contributed by atoms with E-state index >= 15 is 0 Å². The first-order valence-electron chi connectivity index (χ1n) is 5.93. The number of hydrogen-bond donors (Lipinski definition) is 2. The monoisotopic (exact) mass is 269 g/mol. The van der Waals surface area contributed by atoms with E-state index in [2.05, 4.69) is 4.98 Å². The average Bonchev–Trinajstić information content (AvgIpc) is 2.84. The molecule has 0 saturated carbocycles. The Morgan fingerprint density at radius 1 is 1.25 bits per heavy atom. The highest BCUT2D eigenvalue weighted by Gasteiger charge is 2.19. The molecule has 0 unspecified atom stereocenters. The summed E-state index contributed by atoms with van der Waals surface area (Å²) in [6.45, 7) is 2.04. The van der Waals surface area contributed by atoms with Gasteiger partial charge >= 0.3 is 0 Å². The predicted molar refractivity (Wildman–Crippen MR) is 72.5 cm³/mol. The summed E-state index contributed by atoms with van der Waals surface area (Å²) in [5.41, 5.74) is 7.28. The molecular formula is C14H11N3O3. The largest absolute Gasteiger partial charge is 0.454 e. The first-order valence-corrected chi connectivity index (χ1v) is 5.93. The van der Waals surface area contributed by atoms with Crippen LogP contribution < -0.4 is 20.8 Å². The normalized spacial score (nSPS) is 12.2. The third-order valence-corrected chi connectivity index (χ3v) is 3.18. The van der Waals surface area contributed by atoms with Crippen molar-refractivity contribution < 1.29 is 9.47 Å². The molecular weight excluding hydrogens is 258 g/mol. The van der Waals surface area contributed by atoms with Crippen molar-refractivity contribution in [1.82, 2.24) is 4.98 Å².